The van der Waals surface area contributed by atoms with Gasteiger partial charge in [-0.15, -0.1) is 11.3 Å². The first-order valence-corrected chi connectivity index (χ1v) is 24.0. The lowest BCUT2D eigenvalue weighted by atomic mass is 10.0. The summed E-state index contributed by atoms with van der Waals surface area (Å²) in [6.07, 6.45) is 5.97. The van der Waals surface area contributed by atoms with E-state index in [4.69, 9.17) is 40.5 Å². The Hall–Kier alpha value is -4.45. The lowest BCUT2D eigenvalue weighted by molar-refractivity contribution is -0.146. The minimum Gasteiger partial charge on any atom is -0.491 e. The van der Waals surface area contributed by atoms with Gasteiger partial charge in [0.15, 0.2) is 5.13 Å². The Kier molecular flexibility index (Phi) is 12.9. The highest BCUT2D eigenvalue weighted by Crippen LogP contribution is 2.52. The van der Waals surface area contributed by atoms with Gasteiger partial charge in [0.1, 0.15) is 58.7 Å². The number of rotatable bonds is 12. The van der Waals surface area contributed by atoms with Crippen LogP contribution in [0.4, 0.5) is 9.93 Å². The number of aliphatic carboxylic acids is 1. The number of fused-ring (bicyclic) bond motifs is 4. The number of hydrogen-bond acceptors (Lipinski definition) is 13. The Bertz CT molecular complexity index is 2190. The van der Waals surface area contributed by atoms with E-state index in [2.05, 4.69) is 20.9 Å². The zero-order chi connectivity index (χ0) is 43.8. The van der Waals surface area contributed by atoms with Crippen molar-refractivity contribution in [3.05, 3.63) is 28.6 Å². The molecule has 1 aromatic carbocycles. The normalized spacial score (nSPS) is 29.8. The van der Waals surface area contributed by atoms with Crippen molar-refractivity contribution >= 4 is 62.8 Å². The van der Waals surface area contributed by atoms with Gasteiger partial charge in [0.2, 0.25) is 11.8 Å². The van der Waals surface area contributed by atoms with Crippen molar-refractivity contribution in [1.82, 2.24) is 30.4 Å². The van der Waals surface area contributed by atoms with E-state index in [0.29, 0.717) is 103 Å². The Morgan fingerprint density at radius 1 is 1.02 bits per heavy atom. The van der Waals surface area contributed by atoms with E-state index in [1.807, 2.05) is 25.3 Å². The van der Waals surface area contributed by atoms with Gasteiger partial charge in [0.25, 0.3) is 0 Å². The molecule has 9 rings (SSSR count). The molecule has 63 heavy (non-hydrogen) atoms. The molecule has 0 spiro atoms. The maximum atomic E-state index is 14.7. The molecular weight excluding hydrogens is 850 g/mol. The zero-order valence-corrected chi connectivity index (χ0v) is 37.5. The molecule has 3 aliphatic heterocycles. The highest BCUT2D eigenvalue weighted by molar-refractivity contribution is 7.14. The van der Waals surface area contributed by atoms with Gasteiger partial charge in [-0.1, -0.05) is 37.3 Å². The second-order valence-electron chi connectivity index (χ2n) is 18.5. The molecule has 3 aromatic rings. The molecule has 16 nitrogen and oxygen atoms in total. The zero-order valence-electron chi connectivity index (χ0n) is 35.9. The molecule has 2 unspecified atom stereocenters. The van der Waals surface area contributed by atoms with Crippen LogP contribution in [0.15, 0.2) is 23.6 Å². The first-order chi connectivity index (χ1) is 30.4. The van der Waals surface area contributed by atoms with E-state index in [1.165, 1.54) is 22.7 Å². The van der Waals surface area contributed by atoms with Crippen LogP contribution < -0.4 is 25.4 Å². The van der Waals surface area contributed by atoms with E-state index >= 15 is 0 Å². The lowest BCUT2D eigenvalue weighted by Gasteiger charge is -2.30. The third kappa shape index (κ3) is 9.81. The first kappa shape index (κ1) is 43.8. The fraction of sp³-hybridized carbons (Fsp3) is 0.644. The van der Waals surface area contributed by atoms with Crippen LogP contribution in [0.1, 0.15) is 84.5 Å². The number of aromatic nitrogens is 2. The van der Waals surface area contributed by atoms with Crippen LogP contribution in [-0.2, 0) is 23.9 Å². The maximum Gasteiger partial charge on any atom is 0.408 e. The summed E-state index contributed by atoms with van der Waals surface area (Å²) < 4.78 is 24.3. The summed E-state index contributed by atoms with van der Waals surface area (Å²) in [5.41, 5.74) is 0.171. The maximum absolute atomic E-state index is 14.7. The van der Waals surface area contributed by atoms with E-state index in [0.717, 1.165) is 50.3 Å². The molecular formula is C45H58ClN7O9S. The number of halogens is 1. The molecule has 0 radical (unpaired) electrons. The minimum atomic E-state index is -1.38. The molecule has 4 N–H and O–H groups in total. The molecule has 5 heterocycles. The summed E-state index contributed by atoms with van der Waals surface area (Å²) in [5, 5.41) is 23.0. The van der Waals surface area contributed by atoms with Crippen LogP contribution in [0.3, 0.4) is 0 Å². The molecule has 3 aliphatic carbocycles. The highest BCUT2D eigenvalue weighted by Gasteiger charge is 2.62. The Balaban J connectivity index is 1.01. The topological polar surface area (TPSA) is 194 Å². The molecule has 340 valence electrons. The van der Waals surface area contributed by atoms with Crippen LogP contribution in [0, 0.1) is 17.8 Å². The monoisotopic (exact) mass is 907 g/mol. The smallest absolute Gasteiger partial charge is 0.408 e. The fourth-order valence-electron chi connectivity index (χ4n) is 10.0. The van der Waals surface area contributed by atoms with E-state index < -0.39 is 47.6 Å². The predicted octanol–water partition coefficient (Wildman–Crippen LogP) is 6.10. The van der Waals surface area contributed by atoms with Gasteiger partial charge in [0, 0.05) is 48.9 Å². The van der Waals surface area contributed by atoms with Crippen LogP contribution in [0.25, 0.3) is 22.3 Å². The number of pyridine rings is 1. The number of carboxylic acids is 1. The molecule has 3 amide bonds. The third-order valence-electron chi connectivity index (χ3n) is 13.6. The van der Waals surface area contributed by atoms with Crippen molar-refractivity contribution < 1.29 is 43.2 Å². The summed E-state index contributed by atoms with van der Waals surface area (Å²) in [5.74, 6) is -0.128. The number of thiazole rings is 1. The van der Waals surface area contributed by atoms with Crippen LogP contribution in [-0.4, -0.2) is 131 Å². The third-order valence-corrected chi connectivity index (χ3v) is 14.8. The number of hydrogen-bond donors (Lipinski definition) is 4. The summed E-state index contributed by atoms with van der Waals surface area (Å²) >= 11 is 8.56. The van der Waals surface area contributed by atoms with Crippen LogP contribution in [0.5, 0.6) is 11.5 Å². The Labute approximate surface area is 376 Å². The van der Waals surface area contributed by atoms with Crippen molar-refractivity contribution in [3.63, 3.8) is 0 Å². The molecule has 3 saturated carbocycles. The standard InChI is InChI=1S/C45H58ClN7O9S/c1-25(2)47-43-49-34(24-63-43)33-21-37(31-9-10-36(38(46)39(31)48-33)60-16-13-52-11-14-59-15-12-52)61-30-20-35-40(54)51-45(42(56)57)22-28(45)7-5-3-4-6-8-32(41(55)53(35)23-30)50-44(58)62-29-18-26-17-27(26)19-29/h9-10,21,24-30,32,35H,3-8,11-20,22-23H2,1-2H3,(H,47,49)(H,50,58)(H,51,54)(H,56,57)/t26-,27+,28?,29?,30-,32+,35+,45-/m1/s1. The Morgan fingerprint density at radius 2 is 1.79 bits per heavy atom. The number of nitrogens with one attached hydrogen (secondary N) is 3. The number of nitrogens with zero attached hydrogens (tertiary/aromatic N) is 4. The molecule has 3 saturated heterocycles. The van der Waals surface area contributed by atoms with Crippen LogP contribution in [0.2, 0.25) is 5.02 Å². The molecule has 8 atom stereocenters. The number of alkyl carbamates (subject to hydrolysis) is 1. The van der Waals surface area contributed by atoms with E-state index in [1.54, 1.807) is 12.1 Å². The number of carbonyl (C=O) groups excluding carboxylic acids is 3. The minimum absolute atomic E-state index is 0.00834. The number of carbonyl (C=O) groups is 4. The lowest BCUT2D eigenvalue weighted by Crippen LogP contribution is -2.56. The average molecular weight is 909 g/mol. The fourth-order valence-corrected chi connectivity index (χ4v) is 11.1. The van der Waals surface area contributed by atoms with Gasteiger partial charge in [-0.3, -0.25) is 14.5 Å². The predicted molar refractivity (Wildman–Crippen MR) is 236 cm³/mol. The van der Waals surface area contributed by atoms with Gasteiger partial charge in [0.05, 0.1) is 31.0 Å². The van der Waals surface area contributed by atoms with Gasteiger partial charge < -0.3 is 44.9 Å². The van der Waals surface area contributed by atoms with Crippen molar-refractivity contribution in [3.8, 4) is 22.9 Å². The van der Waals surface area contributed by atoms with E-state index in [9.17, 15) is 24.3 Å². The molecule has 6 fully saturated rings. The van der Waals surface area contributed by atoms with Crippen molar-refractivity contribution in [2.45, 2.75) is 120 Å². The van der Waals surface area contributed by atoms with Crippen molar-refractivity contribution in [2.75, 3.05) is 51.3 Å². The number of carboxylic acid groups (broad SMARTS) is 1. The SMILES string of the molecule is CC(C)Nc1nc(-c2cc(O[C@@H]3C[C@H]4C(=O)N[C@]5(C(=O)O)CC5CCCCCC[C@H](NC(=O)OC5C[C@@H]6C[C@@H]6C5)C(=O)N4C3)c3ccc(OCCN4CCOCC4)c(Cl)c3n2)cs1. The second kappa shape index (κ2) is 18.6. The molecule has 18 heteroatoms. The van der Waals surface area contributed by atoms with Gasteiger partial charge in [-0.05, 0) is 82.3 Å². The number of ether oxygens (including phenoxy) is 4. The number of amides is 3. The number of morpholine rings is 1. The number of benzene rings is 1. The number of anilines is 1. The highest BCUT2D eigenvalue weighted by atomic mass is 35.5. The van der Waals surface area contributed by atoms with Crippen molar-refractivity contribution in [2.24, 2.45) is 17.8 Å². The van der Waals surface area contributed by atoms with Gasteiger partial charge in [-0.2, -0.15) is 0 Å². The first-order valence-electron chi connectivity index (χ1n) is 22.7. The average Bonchev–Trinajstić information content (AvgIpc) is 3.91. The molecule has 2 aromatic heterocycles. The van der Waals surface area contributed by atoms with Crippen molar-refractivity contribution in [1.29, 1.82) is 0 Å². The summed E-state index contributed by atoms with van der Waals surface area (Å²) in [6, 6.07) is 3.59. The summed E-state index contributed by atoms with van der Waals surface area (Å²) in [4.78, 5) is 68.6. The van der Waals surface area contributed by atoms with Gasteiger partial charge in [-0.25, -0.2) is 19.6 Å². The Morgan fingerprint density at radius 3 is 2.56 bits per heavy atom. The van der Waals surface area contributed by atoms with Crippen LogP contribution >= 0.6 is 22.9 Å². The quantitative estimate of drug-likeness (QED) is 0.163. The molecule has 6 aliphatic rings. The van der Waals surface area contributed by atoms with Gasteiger partial charge >= 0.3 is 12.1 Å². The summed E-state index contributed by atoms with van der Waals surface area (Å²) in [6.45, 7) is 8.25. The summed E-state index contributed by atoms with van der Waals surface area (Å²) in [7, 11) is 0. The molecule has 0 bridgehead atoms. The largest absolute Gasteiger partial charge is 0.491 e. The van der Waals surface area contributed by atoms with E-state index in [-0.39, 0.29) is 31.0 Å². The second-order valence-corrected chi connectivity index (χ2v) is 19.7.